The molecule has 0 aliphatic heterocycles. The molecule has 2 aromatic carbocycles. The number of hydrogen-bond acceptors (Lipinski definition) is 3. The predicted molar refractivity (Wildman–Crippen MR) is 99.2 cm³/mol. The first-order valence-corrected chi connectivity index (χ1v) is 9.16. The highest BCUT2D eigenvalue weighted by Gasteiger charge is 2.38. The summed E-state index contributed by atoms with van der Waals surface area (Å²) in [6.45, 7) is 0. The zero-order valence-corrected chi connectivity index (χ0v) is 15.6. The molecule has 0 spiro atoms. The Bertz CT molecular complexity index is 926. The minimum Gasteiger partial charge on any atom is -0.317 e. The summed E-state index contributed by atoms with van der Waals surface area (Å²) in [6, 6.07) is 14.6. The van der Waals surface area contributed by atoms with E-state index in [1.54, 1.807) is 12.1 Å². The Kier molecular flexibility index (Phi) is 5.43. The summed E-state index contributed by atoms with van der Waals surface area (Å²) < 4.78 is 37.4. The van der Waals surface area contributed by atoms with Crippen molar-refractivity contribution in [1.82, 2.24) is 4.98 Å². The summed E-state index contributed by atoms with van der Waals surface area (Å²) in [5, 5.41) is 4.55. The minimum absolute atomic E-state index is 0.0529. The van der Waals surface area contributed by atoms with Gasteiger partial charge in [0.15, 0.2) is 0 Å². The van der Waals surface area contributed by atoms with Gasteiger partial charge in [0.2, 0.25) is 0 Å². The molecule has 134 valence electrons. The van der Waals surface area contributed by atoms with Crippen molar-refractivity contribution in [1.29, 1.82) is 0 Å². The molecule has 26 heavy (non-hydrogen) atoms. The number of halogens is 4. The van der Waals surface area contributed by atoms with Crippen LogP contribution in [-0.2, 0) is 11.2 Å². The molecular formula is C18H12BrF3N2OS. The number of rotatable bonds is 4. The molecule has 0 bridgehead atoms. The quantitative estimate of drug-likeness (QED) is 0.568. The number of nitrogens with zero attached hydrogens (tertiary/aromatic N) is 1. The zero-order valence-electron chi connectivity index (χ0n) is 13.2. The number of amides is 1. The van der Waals surface area contributed by atoms with Crippen LogP contribution in [0.4, 0.5) is 18.9 Å². The van der Waals surface area contributed by atoms with Crippen molar-refractivity contribution in [2.75, 3.05) is 5.32 Å². The molecule has 3 rings (SSSR count). The topological polar surface area (TPSA) is 42.0 Å². The van der Waals surface area contributed by atoms with E-state index in [0.29, 0.717) is 10.9 Å². The highest BCUT2D eigenvalue weighted by atomic mass is 79.9. The first kappa shape index (κ1) is 18.6. The van der Waals surface area contributed by atoms with Crippen LogP contribution in [0.2, 0.25) is 0 Å². The maximum Gasteiger partial charge on any atom is 0.471 e. The SMILES string of the molecule is O=C(Nc1ccc(-c2nc(Cc3ccccc3)cs2)cc1Br)C(F)(F)F. The lowest BCUT2D eigenvalue weighted by Crippen LogP contribution is -2.30. The van der Waals surface area contributed by atoms with Gasteiger partial charge < -0.3 is 5.32 Å². The van der Waals surface area contributed by atoms with Crippen molar-refractivity contribution in [3.05, 3.63) is 69.6 Å². The number of nitrogens with one attached hydrogen (secondary N) is 1. The molecule has 8 heteroatoms. The van der Waals surface area contributed by atoms with E-state index in [1.165, 1.54) is 17.4 Å². The molecular weight excluding hydrogens is 429 g/mol. The Morgan fingerprint density at radius 2 is 1.88 bits per heavy atom. The summed E-state index contributed by atoms with van der Waals surface area (Å²) >= 11 is 4.65. The summed E-state index contributed by atoms with van der Waals surface area (Å²) in [5.41, 5.74) is 2.88. The van der Waals surface area contributed by atoms with Crippen LogP contribution in [0.1, 0.15) is 11.3 Å². The van der Waals surface area contributed by atoms with Gasteiger partial charge in [-0.3, -0.25) is 4.79 Å². The fraction of sp³-hybridized carbons (Fsp3) is 0.111. The van der Waals surface area contributed by atoms with Crippen molar-refractivity contribution in [3.8, 4) is 10.6 Å². The maximum absolute atomic E-state index is 12.4. The van der Waals surface area contributed by atoms with E-state index in [4.69, 9.17) is 0 Å². The van der Waals surface area contributed by atoms with Gasteiger partial charge in [0.1, 0.15) is 5.01 Å². The molecule has 0 aliphatic carbocycles. The standard InChI is InChI=1S/C18H12BrF3N2OS/c19-14-9-12(6-7-15(14)24-17(25)18(20,21)22)16-23-13(10-26-16)8-11-4-2-1-3-5-11/h1-7,9-10H,8H2,(H,24,25). The number of carbonyl (C=O) groups excluding carboxylic acids is 1. The van der Waals surface area contributed by atoms with Crippen LogP contribution in [0, 0.1) is 0 Å². The van der Waals surface area contributed by atoms with Crippen molar-refractivity contribution in [2.45, 2.75) is 12.6 Å². The second-order valence-electron chi connectivity index (χ2n) is 5.45. The van der Waals surface area contributed by atoms with Crippen LogP contribution >= 0.6 is 27.3 Å². The predicted octanol–water partition coefficient (Wildman–Crippen LogP) is 5.66. The maximum atomic E-state index is 12.4. The molecule has 0 saturated carbocycles. The fourth-order valence-electron chi connectivity index (χ4n) is 2.27. The van der Waals surface area contributed by atoms with Crippen LogP contribution in [0.5, 0.6) is 0 Å². The molecule has 1 heterocycles. The van der Waals surface area contributed by atoms with Gasteiger partial charge in [0, 0.05) is 21.8 Å². The van der Waals surface area contributed by atoms with E-state index in [0.717, 1.165) is 21.8 Å². The van der Waals surface area contributed by atoms with Gasteiger partial charge in [-0.05, 0) is 39.7 Å². The third-order valence-corrected chi connectivity index (χ3v) is 5.10. The van der Waals surface area contributed by atoms with Gasteiger partial charge in [-0.1, -0.05) is 30.3 Å². The van der Waals surface area contributed by atoms with Crippen molar-refractivity contribution < 1.29 is 18.0 Å². The smallest absolute Gasteiger partial charge is 0.317 e. The Hall–Kier alpha value is -2.19. The first-order chi connectivity index (χ1) is 12.3. The first-order valence-electron chi connectivity index (χ1n) is 7.49. The van der Waals surface area contributed by atoms with Crippen LogP contribution < -0.4 is 5.32 Å². The van der Waals surface area contributed by atoms with Crippen molar-refractivity contribution in [2.24, 2.45) is 0 Å². The highest BCUT2D eigenvalue weighted by molar-refractivity contribution is 9.10. The lowest BCUT2D eigenvalue weighted by molar-refractivity contribution is -0.167. The largest absolute Gasteiger partial charge is 0.471 e. The second kappa shape index (κ2) is 7.59. The van der Waals surface area contributed by atoms with E-state index in [2.05, 4.69) is 20.9 Å². The van der Waals surface area contributed by atoms with E-state index in [1.807, 2.05) is 41.0 Å². The number of carbonyl (C=O) groups is 1. The molecule has 0 unspecified atom stereocenters. The number of aromatic nitrogens is 1. The molecule has 0 fully saturated rings. The Morgan fingerprint density at radius 1 is 1.15 bits per heavy atom. The van der Waals surface area contributed by atoms with E-state index >= 15 is 0 Å². The van der Waals surface area contributed by atoms with E-state index < -0.39 is 12.1 Å². The minimum atomic E-state index is -4.93. The van der Waals surface area contributed by atoms with Crippen LogP contribution in [0.25, 0.3) is 10.6 Å². The lowest BCUT2D eigenvalue weighted by atomic mass is 10.1. The van der Waals surface area contributed by atoms with Crippen molar-refractivity contribution >= 4 is 38.9 Å². The normalized spacial score (nSPS) is 11.4. The second-order valence-corrected chi connectivity index (χ2v) is 7.17. The van der Waals surface area contributed by atoms with E-state index in [-0.39, 0.29) is 5.69 Å². The molecule has 1 aromatic heterocycles. The van der Waals surface area contributed by atoms with Crippen LogP contribution in [-0.4, -0.2) is 17.1 Å². The molecule has 0 saturated heterocycles. The summed E-state index contributed by atoms with van der Waals surface area (Å²) in [5.74, 6) is -2.01. The fourth-order valence-corrected chi connectivity index (χ4v) is 3.56. The average Bonchev–Trinajstić information content (AvgIpc) is 3.05. The third kappa shape index (κ3) is 4.50. The van der Waals surface area contributed by atoms with Gasteiger partial charge in [0.25, 0.3) is 0 Å². The highest BCUT2D eigenvalue weighted by Crippen LogP contribution is 2.32. The summed E-state index contributed by atoms with van der Waals surface area (Å²) in [6.07, 6.45) is -4.22. The van der Waals surface area contributed by atoms with Crippen LogP contribution in [0.15, 0.2) is 58.4 Å². The monoisotopic (exact) mass is 440 g/mol. The average molecular weight is 441 g/mol. The van der Waals surface area contributed by atoms with Gasteiger partial charge in [0.05, 0.1) is 11.4 Å². The van der Waals surface area contributed by atoms with Gasteiger partial charge >= 0.3 is 12.1 Å². The van der Waals surface area contributed by atoms with Gasteiger partial charge in [-0.2, -0.15) is 13.2 Å². The Balaban J connectivity index is 1.76. The number of hydrogen-bond donors (Lipinski definition) is 1. The van der Waals surface area contributed by atoms with E-state index in [9.17, 15) is 18.0 Å². The lowest BCUT2D eigenvalue weighted by Gasteiger charge is -2.10. The number of alkyl halides is 3. The van der Waals surface area contributed by atoms with Crippen LogP contribution in [0.3, 0.4) is 0 Å². The number of benzene rings is 2. The van der Waals surface area contributed by atoms with Crippen molar-refractivity contribution in [3.63, 3.8) is 0 Å². The van der Waals surface area contributed by atoms with Gasteiger partial charge in [-0.15, -0.1) is 11.3 Å². The molecule has 3 nitrogen and oxygen atoms in total. The molecule has 3 aromatic rings. The molecule has 0 aliphatic rings. The number of thiazole rings is 1. The number of anilines is 1. The molecule has 0 atom stereocenters. The molecule has 0 radical (unpaired) electrons. The molecule has 1 N–H and O–H groups in total. The Labute approximate surface area is 160 Å². The molecule has 1 amide bonds. The third-order valence-electron chi connectivity index (χ3n) is 3.50. The Morgan fingerprint density at radius 3 is 2.54 bits per heavy atom. The van der Waals surface area contributed by atoms with Gasteiger partial charge in [-0.25, -0.2) is 4.98 Å². The zero-order chi connectivity index (χ0) is 18.7. The summed E-state index contributed by atoms with van der Waals surface area (Å²) in [4.78, 5) is 15.6. The summed E-state index contributed by atoms with van der Waals surface area (Å²) in [7, 11) is 0.